The van der Waals surface area contributed by atoms with Crippen LogP contribution in [0.3, 0.4) is 0 Å². The number of para-hydroxylation sites is 1. The van der Waals surface area contributed by atoms with E-state index in [4.69, 9.17) is 17.0 Å². The summed E-state index contributed by atoms with van der Waals surface area (Å²) in [6.45, 7) is 5.07. The van der Waals surface area contributed by atoms with Gasteiger partial charge in [-0.3, -0.25) is 14.6 Å². The van der Waals surface area contributed by atoms with E-state index in [1.807, 2.05) is 47.5 Å². The molecule has 8 heteroatoms. The van der Waals surface area contributed by atoms with Gasteiger partial charge in [-0.05, 0) is 18.2 Å². The lowest BCUT2D eigenvalue weighted by atomic mass is 10.2. The number of hydrogen-bond acceptors (Lipinski definition) is 6. The van der Waals surface area contributed by atoms with Gasteiger partial charge in [0.05, 0.1) is 23.8 Å². The molecular weight excluding hydrogens is 433 g/mol. The first-order valence-corrected chi connectivity index (χ1v) is 11.4. The number of hydrogen-bond donors (Lipinski definition) is 0. The Labute approximate surface area is 191 Å². The molecule has 31 heavy (non-hydrogen) atoms. The van der Waals surface area contributed by atoms with Gasteiger partial charge in [-0.15, -0.1) is 0 Å². The normalized spacial score (nSPS) is 18.7. The Morgan fingerprint density at radius 1 is 1.10 bits per heavy atom. The summed E-state index contributed by atoms with van der Waals surface area (Å²) in [6, 6.07) is 16.1. The van der Waals surface area contributed by atoms with E-state index in [0.717, 1.165) is 38.5 Å². The van der Waals surface area contributed by atoms with Crippen LogP contribution in [-0.2, 0) is 16.1 Å². The fourth-order valence-electron chi connectivity index (χ4n) is 3.55. The van der Waals surface area contributed by atoms with Gasteiger partial charge in [-0.25, -0.2) is 4.39 Å². The third-order valence-corrected chi connectivity index (χ3v) is 6.54. The van der Waals surface area contributed by atoms with Crippen LogP contribution in [0.5, 0.6) is 0 Å². The second-order valence-electron chi connectivity index (χ2n) is 7.35. The molecule has 5 nitrogen and oxygen atoms in total. The van der Waals surface area contributed by atoms with E-state index in [9.17, 15) is 9.18 Å². The smallest absolute Gasteiger partial charge is 0.272 e. The van der Waals surface area contributed by atoms with Crippen LogP contribution in [0.15, 0.2) is 65.7 Å². The van der Waals surface area contributed by atoms with Gasteiger partial charge in [0.25, 0.3) is 5.91 Å². The number of carbonyl (C=O) groups excluding carboxylic acids is 1. The maximum absolute atomic E-state index is 14.3. The number of anilines is 1. The fraction of sp³-hybridized carbons (Fsp3) is 0.304. The van der Waals surface area contributed by atoms with Crippen molar-refractivity contribution in [3.8, 4) is 0 Å². The summed E-state index contributed by atoms with van der Waals surface area (Å²) in [6.07, 6.45) is 1.83. The van der Waals surface area contributed by atoms with Crippen LogP contribution in [0.25, 0.3) is 0 Å². The topological polar surface area (TPSA) is 36.0 Å². The lowest BCUT2D eigenvalue weighted by Crippen LogP contribution is -2.40. The Morgan fingerprint density at radius 2 is 1.81 bits per heavy atom. The van der Waals surface area contributed by atoms with Gasteiger partial charge in [-0.1, -0.05) is 60.4 Å². The number of amides is 1. The molecule has 0 aromatic heterocycles. The van der Waals surface area contributed by atoms with Crippen LogP contribution in [0.4, 0.5) is 10.1 Å². The van der Waals surface area contributed by atoms with E-state index in [2.05, 4.69) is 4.90 Å². The number of thiocarbonyl (C=S) groups is 1. The van der Waals surface area contributed by atoms with E-state index < -0.39 is 0 Å². The van der Waals surface area contributed by atoms with Crippen LogP contribution >= 0.6 is 24.0 Å². The maximum Gasteiger partial charge on any atom is 0.272 e. The molecule has 162 valence electrons. The molecule has 2 heterocycles. The quantitative estimate of drug-likeness (QED) is 0.464. The van der Waals surface area contributed by atoms with Crippen molar-refractivity contribution in [2.45, 2.75) is 6.54 Å². The number of thioether (sulfide) groups is 1. The number of benzene rings is 2. The van der Waals surface area contributed by atoms with Crippen molar-refractivity contribution in [3.63, 3.8) is 0 Å². The third kappa shape index (κ3) is 5.51. The predicted octanol–water partition coefficient (Wildman–Crippen LogP) is 3.87. The standard InChI is InChI=1S/C23H24FN3O2S2/c24-20-9-5-4-6-18(20)16-26(11-10-25-12-14-29-15-13-25)17-21-22(28)27(23(30)31-21)19-7-2-1-3-8-19/h1-9,17H,10-16H2. The van der Waals surface area contributed by atoms with Gasteiger partial charge < -0.3 is 9.64 Å². The maximum atomic E-state index is 14.3. The lowest BCUT2D eigenvalue weighted by molar-refractivity contribution is -0.113. The highest BCUT2D eigenvalue weighted by Crippen LogP contribution is 2.35. The lowest BCUT2D eigenvalue weighted by Gasteiger charge is -2.29. The molecule has 0 bridgehead atoms. The van der Waals surface area contributed by atoms with Gasteiger partial charge in [0.2, 0.25) is 0 Å². The van der Waals surface area contributed by atoms with Crippen LogP contribution in [-0.4, -0.2) is 59.4 Å². The highest BCUT2D eigenvalue weighted by molar-refractivity contribution is 8.27. The van der Waals surface area contributed by atoms with Crippen molar-refractivity contribution < 1.29 is 13.9 Å². The summed E-state index contributed by atoms with van der Waals surface area (Å²) in [5.74, 6) is -0.393. The van der Waals surface area contributed by atoms with Gasteiger partial charge in [0, 0.05) is 44.5 Å². The molecule has 2 aromatic rings. The van der Waals surface area contributed by atoms with Crippen LogP contribution in [0.1, 0.15) is 5.56 Å². The molecule has 0 spiro atoms. The number of rotatable bonds is 7. The number of halogens is 1. The van der Waals surface area contributed by atoms with E-state index in [1.54, 1.807) is 17.0 Å². The summed E-state index contributed by atoms with van der Waals surface area (Å²) in [5, 5.41) is 0. The van der Waals surface area contributed by atoms with Gasteiger partial charge in [0.1, 0.15) is 5.82 Å². The Bertz CT molecular complexity index is 964. The number of ether oxygens (including phenoxy) is 1. The molecule has 2 aliphatic rings. The minimum Gasteiger partial charge on any atom is -0.379 e. The minimum atomic E-state index is -0.246. The number of carbonyl (C=O) groups is 1. The zero-order chi connectivity index (χ0) is 21.6. The second-order valence-corrected chi connectivity index (χ2v) is 9.03. The molecule has 0 atom stereocenters. The van der Waals surface area contributed by atoms with Crippen molar-refractivity contribution in [2.24, 2.45) is 0 Å². The zero-order valence-electron chi connectivity index (χ0n) is 17.1. The average Bonchev–Trinajstić information content (AvgIpc) is 3.07. The summed E-state index contributed by atoms with van der Waals surface area (Å²) in [5.41, 5.74) is 1.35. The van der Waals surface area contributed by atoms with Crippen molar-refractivity contribution >= 4 is 39.9 Å². The summed E-state index contributed by atoms with van der Waals surface area (Å²) >= 11 is 6.75. The van der Waals surface area contributed by atoms with E-state index in [-0.39, 0.29) is 11.7 Å². The van der Waals surface area contributed by atoms with Crippen LogP contribution < -0.4 is 4.90 Å². The Morgan fingerprint density at radius 3 is 2.55 bits per heavy atom. The van der Waals surface area contributed by atoms with Crippen molar-refractivity contribution in [2.75, 3.05) is 44.3 Å². The molecule has 0 N–H and O–H groups in total. The Kier molecular flexibility index (Phi) is 7.34. The van der Waals surface area contributed by atoms with Crippen molar-refractivity contribution in [1.29, 1.82) is 0 Å². The first-order valence-electron chi connectivity index (χ1n) is 10.2. The van der Waals surface area contributed by atoms with E-state index >= 15 is 0 Å². The zero-order valence-corrected chi connectivity index (χ0v) is 18.7. The molecule has 0 aliphatic carbocycles. The molecular formula is C23H24FN3O2S2. The Hall–Kier alpha value is -2.26. The molecule has 2 aliphatic heterocycles. The second kappa shape index (κ2) is 10.4. The average molecular weight is 458 g/mol. The first kappa shape index (κ1) is 22.0. The third-order valence-electron chi connectivity index (χ3n) is 5.25. The van der Waals surface area contributed by atoms with Crippen LogP contribution in [0.2, 0.25) is 0 Å². The van der Waals surface area contributed by atoms with Gasteiger partial charge >= 0.3 is 0 Å². The molecule has 0 radical (unpaired) electrons. The highest BCUT2D eigenvalue weighted by atomic mass is 32.2. The molecule has 0 saturated carbocycles. The minimum absolute atomic E-state index is 0.147. The number of morpholine rings is 1. The molecule has 4 rings (SSSR count). The van der Waals surface area contributed by atoms with Gasteiger partial charge in [-0.2, -0.15) is 0 Å². The van der Waals surface area contributed by atoms with E-state index in [0.29, 0.717) is 27.9 Å². The summed E-state index contributed by atoms with van der Waals surface area (Å²) in [4.78, 5) is 19.5. The summed E-state index contributed by atoms with van der Waals surface area (Å²) < 4.78 is 20.2. The SMILES string of the molecule is O=C1C(=CN(CCN2CCOCC2)Cc2ccccc2F)SC(=S)N1c1ccccc1. The van der Waals surface area contributed by atoms with Crippen molar-refractivity contribution in [1.82, 2.24) is 9.80 Å². The largest absolute Gasteiger partial charge is 0.379 e. The first-order chi connectivity index (χ1) is 15.1. The molecule has 2 aromatic carbocycles. The van der Waals surface area contributed by atoms with E-state index in [1.165, 1.54) is 17.8 Å². The molecule has 0 unspecified atom stereocenters. The highest BCUT2D eigenvalue weighted by Gasteiger charge is 2.33. The predicted molar refractivity (Wildman–Crippen MR) is 126 cm³/mol. The van der Waals surface area contributed by atoms with Gasteiger partial charge in [0.15, 0.2) is 4.32 Å². The number of nitrogens with zero attached hydrogens (tertiary/aromatic N) is 3. The molecule has 2 saturated heterocycles. The summed E-state index contributed by atoms with van der Waals surface area (Å²) in [7, 11) is 0. The molecule has 1 amide bonds. The molecule has 2 fully saturated rings. The van der Waals surface area contributed by atoms with Crippen LogP contribution in [0, 0.1) is 5.82 Å². The monoisotopic (exact) mass is 457 g/mol. The fourth-order valence-corrected chi connectivity index (χ4v) is 4.86. The van der Waals surface area contributed by atoms with Crippen molar-refractivity contribution in [3.05, 3.63) is 77.1 Å². The Balaban J connectivity index is 1.53.